The van der Waals surface area contributed by atoms with E-state index >= 15 is 0 Å². The lowest BCUT2D eigenvalue weighted by Crippen LogP contribution is -2.01. The molecule has 0 fully saturated rings. The van der Waals surface area contributed by atoms with Crippen LogP contribution < -0.4 is 4.74 Å². The van der Waals surface area contributed by atoms with Gasteiger partial charge in [0.2, 0.25) is 11.8 Å². The number of benzene rings is 2. The van der Waals surface area contributed by atoms with Crippen molar-refractivity contribution in [3.05, 3.63) is 65.3 Å². The van der Waals surface area contributed by atoms with Crippen molar-refractivity contribution in [1.29, 1.82) is 0 Å². The van der Waals surface area contributed by atoms with Crippen LogP contribution in [0.25, 0.3) is 17.1 Å². The SMILES string of the molecule is CCOc1ccc(-n2c(SCc3nnc(C)o3)nnc2-c2ccccc2Cl)cc1. The van der Waals surface area contributed by atoms with E-state index in [0.29, 0.717) is 40.1 Å². The summed E-state index contributed by atoms with van der Waals surface area (Å²) in [5, 5.41) is 18.0. The van der Waals surface area contributed by atoms with Gasteiger partial charge in [0.1, 0.15) is 5.75 Å². The first kappa shape index (κ1) is 19.5. The molecular formula is C20H18ClN5O2S. The smallest absolute Gasteiger partial charge is 0.226 e. The third kappa shape index (κ3) is 4.28. The van der Waals surface area contributed by atoms with Crippen LogP contribution in [-0.2, 0) is 5.75 Å². The Kier molecular flexibility index (Phi) is 5.82. The van der Waals surface area contributed by atoms with Crippen molar-refractivity contribution in [3.8, 4) is 22.8 Å². The highest BCUT2D eigenvalue weighted by Crippen LogP contribution is 2.33. The van der Waals surface area contributed by atoms with E-state index in [4.69, 9.17) is 20.8 Å². The maximum absolute atomic E-state index is 6.43. The van der Waals surface area contributed by atoms with Gasteiger partial charge in [0, 0.05) is 18.2 Å². The molecule has 9 heteroatoms. The molecule has 29 heavy (non-hydrogen) atoms. The van der Waals surface area contributed by atoms with Crippen LogP contribution in [0.4, 0.5) is 0 Å². The minimum absolute atomic E-state index is 0.485. The molecule has 2 aromatic carbocycles. The topological polar surface area (TPSA) is 78.9 Å². The zero-order valence-corrected chi connectivity index (χ0v) is 17.4. The summed E-state index contributed by atoms with van der Waals surface area (Å²) in [4.78, 5) is 0. The van der Waals surface area contributed by atoms with Crippen molar-refractivity contribution in [2.24, 2.45) is 0 Å². The third-order valence-electron chi connectivity index (χ3n) is 4.05. The predicted octanol–water partition coefficient (Wildman–Crippen LogP) is 4.97. The molecule has 2 aromatic heterocycles. The van der Waals surface area contributed by atoms with Crippen LogP contribution in [0.1, 0.15) is 18.7 Å². The standard InChI is InChI=1S/C20H18ClN5O2S/c1-3-27-15-10-8-14(9-11-15)26-19(16-6-4-5-7-17(16)21)24-25-20(26)29-12-18-23-22-13(2)28-18/h4-11H,3,12H2,1-2H3. The number of halogens is 1. The van der Waals surface area contributed by atoms with E-state index in [1.54, 1.807) is 6.92 Å². The number of ether oxygens (including phenoxy) is 1. The van der Waals surface area contributed by atoms with Crippen molar-refractivity contribution < 1.29 is 9.15 Å². The van der Waals surface area contributed by atoms with Crippen LogP contribution in [0.15, 0.2) is 58.1 Å². The summed E-state index contributed by atoms with van der Waals surface area (Å²) in [6.45, 7) is 4.33. The van der Waals surface area contributed by atoms with E-state index < -0.39 is 0 Å². The first-order valence-corrected chi connectivity index (χ1v) is 10.4. The van der Waals surface area contributed by atoms with Gasteiger partial charge in [0.25, 0.3) is 0 Å². The fourth-order valence-electron chi connectivity index (χ4n) is 2.79. The van der Waals surface area contributed by atoms with E-state index in [9.17, 15) is 0 Å². The highest BCUT2D eigenvalue weighted by Gasteiger charge is 2.19. The molecule has 0 spiro atoms. The average molecular weight is 428 g/mol. The Labute approximate surface area is 177 Å². The van der Waals surface area contributed by atoms with Gasteiger partial charge in [-0.15, -0.1) is 20.4 Å². The molecule has 0 saturated carbocycles. The molecule has 0 N–H and O–H groups in total. The number of nitrogens with zero attached hydrogens (tertiary/aromatic N) is 5. The molecule has 4 rings (SSSR count). The number of rotatable bonds is 7. The summed E-state index contributed by atoms with van der Waals surface area (Å²) >= 11 is 7.89. The van der Waals surface area contributed by atoms with Crippen molar-refractivity contribution in [2.75, 3.05) is 6.61 Å². The van der Waals surface area contributed by atoms with Crippen LogP contribution in [0.3, 0.4) is 0 Å². The molecule has 0 aliphatic rings. The Bertz CT molecular complexity index is 1110. The number of aryl methyl sites for hydroxylation is 1. The molecule has 4 aromatic rings. The summed E-state index contributed by atoms with van der Waals surface area (Å²) in [6.07, 6.45) is 0. The minimum Gasteiger partial charge on any atom is -0.494 e. The molecule has 2 heterocycles. The zero-order valence-electron chi connectivity index (χ0n) is 15.9. The number of aromatic nitrogens is 5. The summed E-state index contributed by atoms with van der Waals surface area (Å²) in [7, 11) is 0. The lowest BCUT2D eigenvalue weighted by Gasteiger charge is -2.12. The Balaban J connectivity index is 1.74. The molecular weight excluding hydrogens is 410 g/mol. The highest BCUT2D eigenvalue weighted by molar-refractivity contribution is 7.98. The maximum Gasteiger partial charge on any atom is 0.226 e. The second kappa shape index (κ2) is 8.67. The zero-order chi connectivity index (χ0) is 20.2. The molecule has 0 aliphatic heterocycles. The molecule has 7 nitrogen and oxygen atoms in total. The van der Waals surface area contributed by atoms with Crippen LogP contribution in [-0.4, -0.2) is 31.6 Å². The fraction of sp³-hybridized carbons (Fsp3) is 0.200. The van der Waals surface area contributed by atoms with Crippen molar-refractivity contribution in [3.63, 3.8) is 0 Å². The Morgan fingerprint density at radius 2 is 1.83 bits per heavy atom. The lowest BCUT2D eigenvalue weighted by atomic mass is 10.2. The normalized spacial score (nSPS) is 11.0. The van der Waals surface area contributed by atoms with Crippen LogP contribution in [0.2, 0.25) is 5.02 Å². The quantitative estimate of drug-likeness (QED) is 0.385. The van der Waals surface area contributed by atoms with Gasteiger partial charge in [0.15, 0.2) is 11.0 Å². The first-order valence-electron chi connectivity index (χ1n) is 9.01. The Morgan fingerprint density at radius 3 is 2.52 bits per heavy atom. The average Bonchev–Trinajstić information content (AvgIpc) is 3.34. The molecule has 0 radical (unpaired) electrons. The van der Waals surface area contributed by atoms with E-state index in [1.165, 1.54) is 11.8 Å². The van der Waals surface area contributed by atoms with Crippen molar-refractivity contribution in [2.45, 2.75) is 24.8 Å². The lowest BCUT2D eigenvalue weighted by molar-refractivity contribution is 0.340. The van der Waals surface area contributed by atoms with E-state index in [0.717, 1.165) is 17.0 Å². The number of thioether (sulfide) groups is 1. The monoisotopic (exact) mass is 427 g/mol. The predicted molar refractivity (Wildman–Crippen MR) is 112 cm³/mol. The Morgan fingerprint density at radius 1 is 1.03 bits per heavy atom. The van der Waals surface area contributed by atoms with E-state index in [2.05, 4.69) is 20.4 Å². The van der Waals surface area contributed by atoms with E-state index in [-0.39, 0.29) is 0 Å². The molecule has 0 amide bonds. The molecule has 0 unspecified atom stereocenters. The summed E-state index contributed by atoms with van der Waals surface area (Å²) in [6, 6.07) is 15.3. The summed E-state index contributed by atoms with van der Waals surface area (Å²) in [5.74, 6) is 3.01. The van der Waals surface area contributed by atoms with Crippen LogP contribution >= 0.6 is 23.4 Å². The van der Waals surface area contributed by atoms with Gasteiger partial charge in [-0.25, -0.2) is 0 Å². The third-order valence-corrected chi connectivity index (χ3v) is 5.29. The summed E-state index contributed by atoms with van der Waals surface area (Å²) in [5.41, 5.74) is 1.70. The van der Waals surface area contributed by atoms with E-state index in [1.807, 2.05) is 60.0 Å². The van der Waals surface area contributed by atoms with Gasteiger partial charge in [-0.05, 0) is 43.3 Å². The number of hydrogen-bond donors (Lipinski definition) is 0. The van der Waals surface area contributed by atoms with Gasteiger partial charge in [-0.3, -0.25) is 4.57 Å². The van der Waals surface area contributed by atoms with Gasteiger partial charge >= 0.3 is 0 Å². The minimum atomic E-state index is 0.485. The van der Waals surface area contributed by atoms with Crippen LogP contribution in [0.5, 0.6) is 5.75 Å². The first-order chi connectivity index (χ1) is 14.2. The van der Waals surface area contributed by atoms with Gasteiger partial charge in [0.05, 0.1) is 17.4 Å². The maximum atomic E-state index is 6.43. The van der Waals surface area contributed by atoms with Gasteiger partial charge in [-0.2, -0.15) is 0 Å². The molecule has 0 saturated heterocycles. The summed E-state index contributed by atoms with van der Waals surface area (Å²) < 4.78 is 13.0. The largest absolute Gasteiger partial charge is 0.494 e. The molecule has 0 aliphatic carbocycles. The molecule has 148 valence electrons. The second-order valence-corrected chi connectivity index (χ2v) is 7.40. The molecule has 0 bridgehead atoms. The van der Waals surface area contributed by atoms with Crippen molar-refractivity contribution >= 4 is 23.4 Å². The van der Waals surface area contributed by atoms with Gasteiger partial charge < -0.3 is 9.15 Å². The second-order valence-electron chi connectivity index (χ2n) is 6.05. The van der Waals surface area contributed by atoms with Gasteiger partial charge in [-0.1, -0.05) is 35.5 Å². The van der Waals surface area contributed by atoms with Crippen LogP contribution in [0, 0.1) is 6.92 Å². The van der Waals surface area contributed by atoms with Crippen molar-refractivity contribution in [1.82, 2.24) is 25.0 Å². The fourth-order valence-corrected chi connectivity index (χ4v) is 3.80. The molecule has 0 atom stereocenters. The Hall–Kier alpha value is -2.84. The number of hydrogen-bond acceptors (Lipinski definition) is 7. The highest BCUT2D eigenvalue weighted by atomic mass is 35.5.